The number of hydrogen-bond acceptors (Lipinski definition) is 2. The van der Waals surface area contributed by atoms with Crippen molar-refractivity contribution in [1.82, 2.24) is 10.0 Å². The number of amides is 1. The summed E-state index contributed by atoms with van der Waals surface area (Å²) >= 11 is 0. The Morgan fingerprint density at radius 1 is 1.38 bits per heavy atom. The Balaban J connectivity index is 2.44. The maximum Gasteiger partial charge on any atom is 0.260 e. The molecule has 0 aromatic heterocycles. The number of piperidine rings is 1. The van der Waals surface area contributed by atoms with E-state index in [1.54, 1.807) is 11.9 Å². The van der Waals surface area contributed by atoms with Crippen molar-refractivity contribution in [2.24, 2.45) is 0 Å². The SMILES string of the molecule is C/[C]=C/C(=O)N(C)N1CCCCC1. The molecule has 0 saturated carbocycles. The van der Waals surface area contributed by atoms with Crippen LogP contribution in [-0.2, 0) is 4.79 Å². The fourth-order valence-electron chi connectivity index (χ4n) is 1.53. The van der Waals surface area contributed by atoms with Gasteiger partial charge in [0.1, 0.15) is 0 Å². The maximum absolute atomic E-state index is 11.4. The van der Waals surface area contributed by atoms with Crippen LogP contribution in [0.4, 0.5) is 0 Å². The Bertz CT molecular complexity index is 195. The van der Waals surface area contributed by atoms with Gasteiger partial charge in [0.05, 0.1) is 0 Å². The summed E-state index contributed by atoms with van der Waals surface area (Å²) in [5.41, 5.74) is 0. The highest BCUT2D eigenvalue weighted by molar-refractivity contribution is 5.86. The Morgan fingerprint density at radius 3 is 2.54 bits per heavy atom. The molecule has 3 heteroatoms. The van der Waals surface area contributed by atoms with Gasteiger partial charge >= 0.3 is 0 Å². The van der Waals surface area contributed by atoms with Gasteiger partial charge in [-0.2, -0.15) is 0 Å². The molecule has 0 spiro atoms. The third-order valence-corrected chi connectivity index (χ3v) is 2.34. The summed E-state index contributed by atoms with van der Waals surface area (Å²) in [6, 6.07) is 0. The quantitative estimate of drug-likeness (QED) is 0.598. The van der Waals surface area contributed by atoms with Gasteiger partial charge < -0.3 is 0 Å². The van der Waals surface area contributed by atoms with Crippen LogP contribution < -0.4 is 0 Å². The second-order valence-electron chi connectivity index (χ2n) is 3.31. The predicted molar refractivity (Wildman–Crippen MR) is 51.7 cm³/mol. The minimum absolute atomic E-state index is 0.0180. The highest BCUT2D eigenvalue weighted by atomic mass is 16.2. The highest BCUT2D eigenvalue weighted by Gasteiger charge is 2.17. The summed E-state index contributed by atoms with van der Waals surface area (Å²) in [4.78, 5) is 11.4. The van der Waals surface area contributed by atoms with E-state index < -0.39 is 0 Å². The molecule has 0 unspecified atom stereocenters. The summed E-state index contributed by atoms with van der Waals surface area (Å²) in [5, 5.41) is 3.79. The average Bonchev–Trinajstić information content (AvgIpc) is 2.18. The van der Waals surface area contributed by atoms with Gasteiger partial charge in [-0.05, 0) is 25.8 Å². The monoisotopic (exact) mass is 181 g/mol. The second kappa shape index (κ2) is 5.02. The molecule has 1 aliphatic rings. The molecule has 0 N–H and O–H groups in total. The predicted octanol–water partition coefficient (Wildman–Crippen LogP) is 1.22. The summed E-state index contributed by atoms with van der Waals surface area (Å²) in [7, 11) is 1.82. The van der Waals surface area contributed by atoms with Crippen LogP contribution in [0.5, 0.6) is 0 Å². The third-order valence-electron chi connectivity index (χ3n) is 2.34. The maximum atomic E-state index is 11.4. The molecule has 1 amide bonds. The number of allylic oxidation sites excluding steroid dienone is 1. The van der Waals surface area contributed by atoms with Crippen molar-refractivity contribution in [3.63, 3.8) is 0 Å². The number of carbonyl (C=O) groups excluding carboxylic acids is 1. The van der Waals surface area contributed by atoms with Crippen LogP contribution in [-0.4, -0.2) is 36.1 Å². The van der Waals surface area contributed by atoms with E-state index in [-0.39, 0.29) is 5.91 Å². The minimum atomic E-state index is 0.0180. The molecule has 0 atom stereocenters. The van der Waals surface area contributed by atoms with E-state index in [4.69, 9.17) is 0 Å². The molecule has 1 aliphatic heterocycles. The average molecular weight is 181 g/mol. The first-order chi connectivity index (χ1) is 6.25. The van der Waals surface area contributed by atoms with E-state index in [0.29, 0.717) is 0 Å². The van der Waals surface area contributed by atoms with E-state index in [1.807, 2.05) is 7.05 Å². The Hall–Kier alpha value is -0.830. The molecule has 0 aliphatic carbocycles. The molecule has 0 bridgehead atoms. The zero-order valence-corrected chi connectivity index (χ0v) is 8.42. The normalized spacial score (nSPS) is 19.2. The zero-order chi connectivity index (χ0) is 9.68. The summed E-state index contributed by atoms with van der Waals surface area (Å²) < 4.78 is 0. The molecule has 1 saturated heterocycles. The summed E-state index contributed by atoms with van der Waals surface area (Å²) in [5.74, 6) is 0.0180. The number of nitrogens with zero attached hydrogens (tertiary/aromatic N) is 2. The first kappa shape index (κ1) is 10.3. The van der Waals surface area contributed by atoms with Crippen LogP contribution in [0.3, 0.4) is 0 Å². The van der Waals surface area contributed by atoms with Crippen molar-refractivity contribution < 1.29 is 4.79 Å². The third kappa shape index (κ3) is 2.84. The highest BCUT2D eigenvalue weighted by Crippen LogP contribution is 2.10. The van der Waals surface area contributed by atoms with Gasteiger partial charge in [0.25, 0.3) is 5.91 Å². The van der Waals surface area contributed by atoms with Gasteiger partial charge in [0.15, 0.2) is 0 Å². The van der Waals surface area contributed by atoms with Crippen molar-refractivity contribution >= 4 is 5.91 Å². The van der Waals surface area contributed by atoms with Crippen LogP contribution in [0, 0.1) is 6.08 Å². The Morgan fingerprint density at radius 2 is 2.00 bits per heavy atom. The lowest BCUT2D eigenvalue weighted by molar-refractivity contribution is -0.141. The van der Waals surface area contributed by atoms with Crippen molar-refractivity contribution in [3.05, 3.63) is 12.2 Å². The molecule has 1 rings (SSSR count). The van der Waals surface area contributed by atoms with E-state index >= 15 is 0 Å². The minimum Gasteiger partial charge on any atom is -0.275 e. The Kier molecular flexibility index (Phi) is 3.96. The van der Waals surface area contributed by atoms with Crippen LogP contribution in [0.2, 0.25) is 0 Å². The molecular weight excluding hydrogens is 164 g/mol. The van der Waals surface area contributed by atoms with Gasteiger partial charge in [0.2, 0.25) is 0 Å². The lowest BCUT2D eigenvalue weighted by atomic mass is 10.2. The number of hydrogen-bond donors (Lipinski definition) is 0. The van der Waals surface area contributed by atoms with Gasteiger partial charge in [-0.25, -0.2) is 5.01 Å². The largest absolute Gasteiger partial charge is 0.275 e. The first-order valence-corrected chi connectivity index (χ1v) is 4.78. The Labute approximate surface area is 80.0 Å². The van der Waals surface area contributed by atoms with Gasteiger partial charge in [0, 0.05) is 26.2 Å². The van der Waals surface area contributed by atoms with E-state index in [1.165, 1.54) is 25.3 Å². The van der Waals surface area contributed by atoms with Crippen molar-refractivity contribution in [3.8, 4) is 0 Å². The molecular formula is C10H17N2O. The van der Waals surface area contributed by atoms with Crippen molar-refractivity contribution in [2.45, 2.75) is 26.2 Å². The molecule has 13 heavy (non-hydrogen) atoms. The molecule has 3 nitrogen and oxygen atoms in total. The zero-order valence-electron chi connectivity index (χ0n) is 8.42. The van der Waals surface area contributed by atoms with Gasteiger partial charge in [-0.15, -0.1) is 0 Å². The molecule has 0 aromatic rings. The molecule has 0 aromatic carbocycles. The van der Waals surface area contributed by atoms with Crippen molar-refractivity contribution in [1.29, 1.82) is 0 Å². The van der Waals surface area contributed by atoms with Crippen LogP contribution in [0.1, 0.15) is 26.2 Å². The number of carbonyl (C=O) groups is 1. The van der Waals surface area contributed by atoms with Gasteiger partial charge in [-0.3, -0.25) is 9.80 Å². The summed E-state index contributed by atoms with van der Waals surface area (Å²) in [6.45, 7) is 3.74. The lowest BCUT2D eigenvalue weighted by Gasteiger charge is -2.33. The van der Waals surface area contributed by atoms with E-state index in [0.717, 1.165) is 13.1 Å². The fraction of sp³-hybridized carbons (Fsp3) is 0.700. The van der Waals surface area contributed by atoms with Gasteiger partial charge in [-0.1, -0.05) is 6.42 Å². The van der Waals surface area contributed by atoms with E-state index in [2.05, 4.69) is 11.1 Å². The smallest absolute Gasteiger partial charge is 0.260 e. The van der Waals surface area contributed by atoms with Crippen LogP contribution in [0.15, 0.2) is 6.08 Å². The van der Waals surface area contributed by atoms with E-state index in [9.17, 15) is 4.79 Å². The molecule has 1 radical (unpaired) electrons. The topological polar surface area (TPSA) is 23.6 Å². The number of likely N-dealkylation sites (N-methyl/N-ethyl adjacent to an activating group) is 1. The summed E-state index contributed by atoms with van der Waals surface area (Å²) in [6.07, 6.45) is 7.89. The molecule has 1 heterocycles. The molecule has 73 valence electrons. The van der Waals surface area contributed by atoms with Crippen molar-refractivity contribution in [2.75, 3.05) is 20.1 Å². The van der Waals surface area contributed by atoms with Crippen LogP contribution >= 0.6 is 0 Å². The first-order valence-electron chi connectivity index (χ1n) is 4.78. The van der Waals surface area contributed by atoms with Crippen LogP contribution in [0.25, 0.3) is 0 Å². The lowest BCUT2D eigenvalue weighted by Crippen LogP contribution is -2.45. The number of rotatable bonds is 2. The number of hydrazine groups is 1. The second-order valence-corrected chi connectivity index (χ2v) is 3.31. The fourth-order valence-corrected chi connectivity index (χ4v) is 1.53. The molecule has 1 fully saturated rings. The standard InChI is InChI=1S/C10H17N2O/c1-3-7-10(13)11(2)12-8-5-4-6-9-12/h7H,4-6,8-9H2,1-2H3.